The van der Waals surface area contributed by atoms with E-state index in [4.69, 9.17) is 5.41 Å². The summed E-state index contributed by atoms with van der Waals surface area (Å²) in [6.07, 6.45) is 0. The zero-order valence-corrected chi connectivity index (χ0v) is 8.61. The van der Waals surface area contributed by atoms with Gasteiger partial charge in [0.05, 0.1) is 5.56 Å². The van der Waals surface area contributed by atoms with Crippen LogP contribution in [0, 0.1) is 5.41 Å². The Morgan fingerprint density at radius 2 is 2.36 bits per heavy atom. The number of rotatable bonds is 0. The molecule has 0 unspecified atom stereocenters. The maximum atomic E-state index is 11.1. The second-order valence-electron chi connectivity index (χ2n) is 2.62. The number of amidine groups is 1. The number of hydroxylamine groups is 2. The zero-order valence-electron chi connectivity index (χ0n) is 6.98. The van der Waals surface area contributed by atoms with Crippen molar-refractivity contribution < 1.29 is 10.0 Å². The molecular weight excluding hydrogens is 226 g/mol. The third kappa shape index (κ3) is 1.72. The van der Waals surface area contributed by atoms with Crippen molar-refractivity contribution in [1.82, 2.24) is 5.06 Å². The number of carbonyl (C=O) groups is 1. The molecule has 5 nitrogen and oxygen atoms in total. The quantitative estimate of drug-likeness (QED) is 0.629. The van der Waals surface area contributed by atoms with E-state index in [0.717, 1.165) is 0 Å². The molecular formula is C7H8ClN3O2S. The summed E-state index contributed by atoms with van der Waals surface area (Å²) in [4.78, 5) is 11.1. The molecule has 0 aliphatic carbocycles. The predicted molar refractivity (Wildman–Crippen MR) is 55.5 cm³/mol. The Morgan fingerprint density at radius 3 is 3.07 bits per heavy atom. The lowest BCUT2D eigenvalue weighted by Crippen LogP contribution is -2.31. The summed E-state index contributed by atoms with van der Waals surface area (Å²) in [6.45, 7) is -0.194. The molecule has 14 heavy (non-hydrogen) atoms. The number of nitrogens with zero attached hydrogens (tertiary/aromatic N) is 1. The Morgan fingerprint density at radius 1 is 1.64 bits per heavy atom. The van der Waals surface area contributed by atoms with Gasteiger partial charge in [-0.2, -0.15) is 0 Å². The van der Waals surface area contributed by atoms with Gasteiger partial charge in [0.1, 0.15) is 11.5 Å². The van der Waals surface area contributed by atoms with Crippen LogP contribution in [0.2, 0.25) is 0 Å². The van der Waals surface area contributed by atoms with Crippen LogP contribution in [0.15, 0.2) is 11.4 Å². The summed E-state index contributed by atoms with van der Waals surface area (Å²) >= 11 is 1.34. The first-order chi connectivity index (χ1) is 6.18. The normalized spacial score (nSPS) is 15.4. The van der Waals surface area contributed by atoms with Gasteiger partial charge in [-0.25, -0.2) is 5.06 Å². The molecule has 0 saturated carbocycles. The Kier molecular flexibility index (Phi) is 3.10. The van der Waals surface area contributed by atoms with Crippen LogP contribution in [0.5, 0.6) is 0 Å². The van der Waals surface area contributed by atoms with Crippen molar-refractivity contribution in [1.29, 1.82) is 5.41 Å². The summed E-state index contributed by atoms with van der Waals surface area (Å²) < 4.78 is 0. The van der Waals surface area contributed by atoms with Crippen molar-refractivity contribution >= 4 is 40.5 Å². The van der Waals surface area contributed by atoms with Crippen LogP contribution in [0.4, 0.5) is 5.00 Å². The van der Waals surface area contributed by atoms with Gasteiger partial charge in [-0.3, -0.25) is 15.4 Å². The molecule has 76 valence electrons. The standard InChI is InChI=1S/C7H7N3O2S.ClH/c8-6-4-1-2-13-7(4)9-5(11)3-10(6)12;/h1-2,8,12H,3H2,(H,9,11);1H. The smallest absolute Gasteiger partial charge is 0.247 e. The Bertz CT molecular complexity index is 379. The first-order valence-electron chi connectivity index (χ1n) is 3.61. The summed E-state index contributed by atoms with van der Waals surface area (Å²) in [5.41, 5.74) is 0.554. The van der Waals surface area contributed by atoms with Crippen molar-refractivity contribution in [3.63, 3.8) is 0 Å². The van der Waals surface area contributed by atoms with Crippen molar-refractivity contribution in [2.24, 2.45) is 0 Å². The fourth-order valence-electron chi connectivity index (χ4n) is 1.11. The van der Waals surface area contributed by atoms with Gasteiger partial charge >= 0.3 is 0 Å². The molecule has 2 heterocycles. The molecule has 1 aromatic rings. The van der Waals surface area contributed by atoms with E-state index in [1.54, 1.807) is 11.4 Å². The first-order valence-corrected chi connectivity index (χ1v) is 4.49. The van der Waals surface area contributed by atoms with Gasteiger partial charge in [0, 0.05) is 0 Å². The molecule has 0 fully saturated rings. The molecule has 2 rings (SSSR count). The molecule has 1 aliphatic rings. The van der Waals surface area contributed by atoms with Crippen LogP contribution < -0.4 is 5.32 Å². The topological polar surface area (TPSA) is 76.4 Å². The number of fused-ring (bicyclic) bond motifs is 1. The minimum absolute atomic E-state index is 0. The van der Waals surface area contributed by atoms with E-state index < -0.39 is 0 Å². The van der Waals surface area contributed by atoms with Crippen molar-refractivity contribution in [3.8, 4) is 0 Å². The number of thiophene rings is 1. The number of anilines is 1. The second kappa shape index (κ2) is 3.95. The van der Waals surface area contributed by atoms with Crippen molar-refractivity contribution in [2.45, 2.75) is 0 Å². The van der Waals surface area contributed by atoms with E-state index in [9.17, 15) is 10.0 Å². The summed E-state index contributed by atoms with van der Waals surface area (Å²) in [5.74, 6) is -0.358. The number of hydrogen-bond donors (Lipinski definition) is 3. The third-order valence-electron chi connectivity index (χ3n) is 1.72. The molecule has 0 bridgehead atoms. The fraction of sp³-hybridized carbons (Fsp3) is 0.143. The highest BCUT2D eigenvalue weighted by molar-refractivity contribution is 7.14. The average Bonchev–Trinajstić information content (AvgIpc) is 2.47. The van der Waals surface area contributed by atoms with E-state index in [0.29, 0.717) is 15.6 Å². The van der Waals surface area contributed by atoms with Crippen molar-refractivity contribution in [2.75, 3.05) is 11.9 Å². The SMILES string of the molecule is Cl.N=C1c2ccsc2NC(=O)CN1O. The van der Waals surface area contributed by atoms with Crippen LogP contribution in [0.1, 0.15) is 5.56 Å². The number of nitrogens with one attached hydrogen (secondary N) is 2. The highest BCUT2D eigenvalue weighted by Crippen LogP contribution is 2.25. The molecule has 3 N–H and O–H groups in total. The average molecular weight is 234 g/mol. The predicted octanol–water partition coefficient (Wildman–Crippen LogP) is 1.14. The molecule has 1 aliphatic heterocycles. The highest BCUT2D eigenvalue weighted by atomic mass is 35.5. The highest BCUT2D eigenvalue weighted by Gasteiger charge is 2.22. The van der Waals surface area contributed by atoms with E-state index >= 15 is 0 Å². The minimum atomic E-state index is -0.312. The molecule has 0 radical (unpaired) electrons. The van der Waals surface area contributed by atoms with Gasteiger partial charge < -0.3 is 5.32 Å². The van der Waals surface area contributed by atoms with Crippen LogP contribution in [-0.4, -0.2) is 28.6 Å². The molecule has 0 saturated heterocycles. The molecule has 1 aromatic heterocycles. The van der Waals surface area contributed by atoms with Crippen molar-refractivity contribution in [3.05, 3.63) is 17.0 Å². The van der Waals surface area contributed by atoms with Gasteiger partial charge in [-0.15, -0.1) is 23.7 Å². The lowest BCUT2D eigenvalue weighted by molar-refractivity contribution is -0.122. The summed E-state index contributed by atoms with van der Waals surface area (Å²) in [6, 6.07) is 1.69. The van der Waals surface area contributed by atoms with Gasteiger partial charge in [-0.05, 0) is 11.4 Å². The first kappa shape index (κ1) is 11.0. The molecule has 0 aromatic carbocycles. The molecule has 7 heteroatoms. The third-order valence-corrected chi connectivity index (χ3v) is 2.55. The van der Waals surface area contributed by atoms with E-state index in [1.165, 1.54) is 11.3 Å². The molecule has 0 spiro atoms. The maximum Gasteiger partial charge on any atom is 0.247 e. The Labute approximate surface area is 90.2 Å². The second-order valence-corrected chi connectivity index (χ2v) is 3.53. The monoisotopic (exact) mass is 233 g/mol. The number of halogens is 1. The van der Waals surface area contributed by atoms with E-state index in [1.807, 2.05) is 0 Å². The minimum Gasteiger partial charge on any atom is -0.315 e. The number of hydrogen-bond acceptors (Lipinski definition) is 4. The van der Waals surface area contributed by atoms with E-state index in [2.05, 4.69) is 5.32 Å². The van der Waals surface area contributed by atoms with Crippen LogP contribution >= 0.6 is 23.7 Å². The van der Waals surface area contributed by atoms with Gasteiger partial charge in [0.2, 0.25) is 5.91 Å². The van der Waals surface area contributed by atoms with Crippen LogP contribution in [0.3, 0.4) is 0 Å². The lowest BCUT2D eigenvalue weighted by atomic mass is 10.3. The maximum absolute atomic E-state index is 11.1. The lowest BCUT2D eigenvalue weighted by Gasteiger charge is -2.11. The summed E-state index contributed by atoms with van der Waals surface area (Å²) in [5, 5.41) is 22.4. The van der Waals surface area contributed by atoms with Gasteiger partial charge in [-0.1, -0.05) is 0 Å². The summed E-state index contributed by atoms with van der Waals surface area (Å²) in [7, 11) is 0. The fourth-order valence-corrected chi connectivity index (χ4v) is 1.92. The van der Waals surface area contributed by atoms with Gasteiger partial charge in [0.25, 0.3) is 0 Å². The van der Waals surface area contributed by atoms with Crippen LogP contribution in [0.25, 0.3) is 0 Å². The van der Waals surface area contributed by atoms with Gasteiger partial charge in [0.15, 0.2) is 5.84 Å². The number of carbonyl (C=O) groups excluding carboxylic acids is 1. The number of amides is 1. The molecule has 1 amide bonds. The zero-order chi connectivity index (χ0) is 9.42. The Balaban J connectivity index is 0.000000980. The molecule has 0 atom stereocenters. The van der Waals surface area contributed by atoms with E-state index in [-0.39, 0.29) is 30.7 Å². The van der Waals surface area contributed by atoms with Crippen LogP contribution in [-0.2, 0) is 4.79 Å². The Hall–Kier alpha value is -1.11. The largest absolute Gasteiger partial charge is 0.315 e.